The Hall–Kier alpha value is -3.05. The summed E-state index contributed by atoms with van der Waals surface area (Å²) in [6.45, 7) is 4.01. The highest BCUT2D eigenvalue weighted by Crippen LogP contribution is 2.25. The number of imide groups is 1. The number of anilines is 1. The zero-order valence-corrected chi connectivity index (χ0v) is 14.0. The third kappa shape index (κ3) is 3.72. The lowest BCUT2D eigenvalue weighted by molar-refractivity contribution is -0.113. The number of benzene rings is 2. The minimum Gasteiger partial charge on any atom is -0.490 e. The molecule has 6 heteroatoms. The predicted molar refractivity (Wildman–Crippen MR) is 97.6 cm³/mol. The van der Waals surface area contributed by atoms with Crippen LogP contribution in [0, 0.1) is 0 Å². The van der Waals surface area contributed by atoms with E-state index >= 15 is 0 Å². The van der Waals surface area contributed by atoms with Gasteiger partial charge in [-0.05, 0) is 42.0 Å². The zero-order chi connectivity index (χ0) is 17.8. The Kier molecular flexibility index (Phi) is 4.86. The molecule has 126 valence electrons. The molecule has 0 saturated carbocycles. The quantitative estimate of drug-likeness (QED) is 0.501. The van der Waals surface area contributed by atoms with E-state index in [9.17, 15) is 9.59 Å². The lowest BCUT2D eigenvalue weighted by Gasteiger charge is -2.11. The van der Waals surface area contributed by atoms with Gasteiger partial charge in [0.15, 0.2) is 0 Å². The van der Waals surface area contributed by atoms with Crippen LogP contribution in [0.5, 0.6) is 5.75 Å². The maximum Gasteiger partial charge on any atom is 0.333 e. The SMILES string of the molecule is C=CCOc1ccc(C=C2NC(=O)N(c3cccc(Cl)c3)C2=O)cc1. The average molecular weight is 355 g/mol. The molecule has 1 saturated heterocycles. The first-order valence-electron chi connectivity index (χ1n) is 7.55. The molecule has 1 aliphatic rings. The van der Waals surface area contributed by atoms with E-state index in [1.165, 1.54) is 0 Å². The fourth-order valence-electron chi connectivity index (χ4n) is 2.37. The molecule has 0 radical (unpaired) electrons. The third-order valence-electron chi connectivity index (χ3n) is 3.50. The van der Waals surface area contributed by atoms with Crippen LogP contribution in [0.15, 0.2) is 66.9 Å². The summed E-state index contributed by atoms with van der Waals surface area (Å²) in [5, 5.41) is 3.03. The molecule has 2 aromatic carbocycles. The maximum absolute atomic E-state index is 12.5. The molecule has 0 unspecified atom stereocenters. The van der Waals surface area contributed by atoms with Gasteiger partial charge in [0.25, 0.3) is 5.91 Å². The van der Waals surface area contributed by atoms with E-state index in [0.29, 0.717) is 23.1 Å². The molecule has 1 N–H and O–H groups in total. The summed E-state index contributed by atoms with van der Waals surface area (Å²) in [6, 6.07) is 13.2. The lowest BCUT2D eigenvalue weighted by atomic mass is 10.2. The van der Waals surface area contributed by atoms with Crippen molar-refractivity contribution in [2.75, 3.05) is 11.5 Å². The zero-order valence-electron chi connectivity index (χ0n) is 13.2. The van der Waals surface area contributed by atoms with Crippen LogP contribution in [-0.2, 0) is 4.79 Å². The van der Waals surface area contributed by atoms with Crippen LogP contribution in [0.3, 0.4) is 0 Å². The Morgan fingerprint density at radius 3 is 2.60 bits per heavy atom. The fraction of sp³-hybridized carbons (Fsp3) is 0.0526. The lowest BCUT2D eigenvalue weighted by Crippen LogP contribution is -2.30. The predicted octanol–water partition coefficient (Wildman–Crippen LogP) is 4.00. The summed E-state index contributed by atoms with van der Waals surface area (Å²) in [6.07, 6.45) is 3.27. The molecule has 0 spiro atoms. The van der Waals surface area contributed by atoms with Gasteiger partial charge in [0.2, 0.25) is 0 Å². The molecule has 0 atom stereocenters. The largest absolute Gasteiger partial charge is 0.490 e. The molecular weight excluding hydrogens is 340 g/mol. The number of halogens is 1. The van der Waals surface area contributed by atoms with E-state index in [4.69, 9.17) is 16.3 Å². The molecule has 2 aromatic rings. The number of amides is 3. The van der Waals surface area contributed by atoms with Crippen molar-refractivity contribution in [2.24, 2.45) is 0 Å². The number of hydrogen-bond acceptors (Lipinski definition) is 3. The monoisotopic (exact) mass is 354 g/mol. The van der Waals surface area contributed by atoms with Crippen molar-refractivity contribution < 1.29 is 14.3 Å². The number of nitrogens with one attached hydrogen (secondary N) is 1. The van der Waals surface area contributed by atoms with Crippen molar-refractivity contribution in [3.05, 3.63) is 77.5 Å². The van der Waals surface area contributed by atoms with Crippen molar-refractivity contribution in [2.45, 2.75) is 0 Å². The van der Waals surface area contributed by atoms with Crippen molar-refractivity contribution in [1.82, 2.24) is 5.32 Å². The molecule has 0 aromatic heterocycles. The van der Waals surface area contributed by atoms with Crippen LogP contribution < -0.4 is 15.0 Å². The average Bonchev–Trinajstić information content (AvgIpc) is 2.88. The summed E-state index contributed by atoms with van der Waals surface area (Å²) in [5.41, 5.74) is 1.39. The van der Waals surface area contributed by atoms with E-state index in [-0.39, 0.29) is 5.70 Å². The summed E-state index contributed by atoms with van der Waals surface area (Å²) < 4.78 is 5.41. The van der Waals surface area contributed by atoms with Gasteiger partial charge in [-0.15, -0.1) is 0 Å². The summed E-state index contributed by atoms with van der Waals surface area (Å²) in [5.74, 6) is 0.267. The van der Waals surface area contributed by atoms with E-state index in [0.717, 1.165) is 10.5 Å². The minimum absolute atomic E-state index is 0.199. The van der Waals surface area contributed by atoms with Gasteiger partial charge in [-0.25, -0.2) is 9.69 Å². The van der Waals surface area contributed by atoms with Gasteiger partial charge in [0.05, 0.1) is 5.69 Å². The summed E-state index contributed by atoms with van der Waals surface area (Å²) in [4.78, 5) is 25.7. The second-order valence-electron chi connectivity index (χ2n) is 5.28. The molecule has 0 aliphatic carbocycles. The second kappa shape index (κ2) is 7.23. The topological polar surface area (TPSA) is 58.6 Å². The van der Waals surface area contributed by atoms with Crippen LogP contribution >= 0.6 is 11.6 Å². The highest BCUT2D eigenvalue weighted by Gasteiger charge is 2.34. The number of hydrogen-bond donors (Lipinski definition) is 1. The summed E-state index contributed by atoms with van der Waals surface area (Å²) >= 11 is 5.93. The molecule has 25 heavy (non-hydrogen) atoms. The standard InChI is InChI=1S/C19H15ClN2O3/c1-2-10-25-16-8-6-13(7-9-16)11-17-18(23)22(19(24)21-17)15-5-3-4-14(20)12-15/h2-9,11-12H,1,10H2,(H,21,24). The Morgan fingerprint density at radius 2 is 1.92 bits per heavy atom. The smallest absolute Gasteiger partial charge is 0.333 e. The van der Waals surface area contributed by atoms with E-state index in [1.54, 1.807) is 60.7 Å². The van der Waals surface area contributed by atoms with Crippen molar-refractivity contribution in [3.8, 4) is 5.75 Å². The van der Waals surface area contributed by atoms with Crippen LogP contribution in [0.1, 0.15) is 5.56 Å². The van der Waals surface area contributed by atoms with E-state index in [1.807, 2.05) is 0 Å². The molecule has 3 amide bonds. The molecule has 1 aliphatic heterocycles. The van der Waals surface area contributed by atoms with Gasteiger partial charge in [0, 0.05) is 5.02 Å². The van der Waals surface area contributed by atoms with Gasteiger partial charge in [0.1, 0.15) is 18.1 Å². The molecule has 5 nitrogen and oxygen atoms in total. The van der Waals surface area contributed by atoms with Gasteiger partial charge in [-0.3, -0.25) is 4.79 Å². The van der Waals surface area contributed by atoms with Crippen LogP contribution in [-0.4, -0.2) is 18.5 Å². The first-order valence-corrected chi connectivity index (χ1v) is 7.93. The van der Waals surface area contributed by atoms with Crippen LogP contribution in [0.2, 0.25) is 5.02 Å². The number of ether oxygens (including phenoxy) is 1. The minimum atomic E-state index is -0.510. The summed E-state index contributed by atoms with van der Waals surface area (Å²) in [7, 11) is 0. The highest BCUT2D eigenvalue weighted by molar-refractivity contribution is 6.32. The Labute approximate surface area is 150 Å². The molecular formula is C19H15ClN2O3. The normalized spacial score (nSPS) is 15.4. The second-order valence-corrected chi connectivity index (χ2v) is 5.71. The highest BCUT2D eigenvalue weighted by atomic mass is 35.5. The van der Waals surface area contributed by atoms with E-state index in [2.05, 4.69) is 11.9 Å². The number of rotatable bonds is 5. The van der Waals surface area contributed by atoms with Crippen LogP contribution in [0.4, 0.5) is 10.5 Å². The maximum atomic E-state index is 12.5. The number of nitrogens with zero attached hydrogens (tertiary/aromatic N) is 1. The van der Waals surface area contributed by atoms with Crippen molar-refractivity contribution in [3.63, 3.8) is 0 Å². The first-order chi connectivity index (χ1) is 12.1. The van der Waals surface area contributed by atoms with E-state index < -0.39 is 11.9 Å². The Morgan fingerprint density at radius 1 is 1.16 bits per heavy atom. The van der Waals surface area contributed by atoms with Crippen molar-refractivity contribution >= 4 is 35.3 Å². The van der Waals surface area contributed by atoms with Gasteiger partial charge in [-0.1, -0.05) is 42.5 Å². The fourth-order valence-corrected chi connectivity index (χ4v) is 2.55. The Balaban J connectivity index is 1.81. The van der Waals surface area contributed by atoms with Gasteiger partial charge < -0.3 is 10.1 Å². The van der Waals surface area contributed by atoms with Crippen molar-refractivity contribution in [1.29, 1.82) is 0 Å². The number of carbonyl (C=O) groups is 2. The van der Waals surface area contributed by atoms with Gasteiger partial charge >= 0.3 is 6.03 Å². The third-order valence-corrected chi connectivity index (χ3v) is 3.74. The molecule has 0 bridgehead atoms. The molecule has 3 rings (SSSR count). The molecule has 1 fully saturated rings. The van der Waals surface area contributed by atoms with Crippen LogP contribution in [0.25, 0.3) is 6.08 Å². The Bertz CT molecular complexity index is 859. The number of carbonyl (C=O) groups excluding carboxylic acids is 2. The molecule has 1 heterocycles. The first kappa shape index (κ1) is 16.8. The number of urea groups is 1. The van der Waals surface area contributed by atoms with Gasteiger partial charge in [-0.2, -0.15) is 0 Å².